The summed E-state index contributed by atoms with van der Waals surface area (Å²) in [4.78, 5) is 0. The minimum absolute atomic E-state index is 0.0500. The molecule has 3 nitrogen and oxygen atoms in total. The highest BCUT2D eigenvalue weighted by Crippen LogP contribution is 2.36. The molecule has 20 heavy (non-hydrogen) atoms. The second-order valence-corrected chi connectivity index (χ2v) is 6.46. The number of aliphatic hydroxyl groups excluding tert-OH is 1. The van der Waals surface area contributed by atoms with Crippen LogP contribution in [0.3, 0.4) is 0 Å². The Bertz CT molecular complexity index is 405. The Morgan fingerprint density at radius 1 is 1.20 bits per heavy atom. The SMILES string of the molecule is OCC1(CNC(c2ccccc2)C2CCCC2)COC1. The Morgan fingerprint density at radius 2 is 1.90 bits per heavy atom. The van der Waals surface area contributed by atoms with Crippen molar-refractivity contribution in [3.63, 3.8) is 0 Å². The molecule has 2 fully saturated rings. The number of ether oxygens (including phenoxy) is 1. The monoisotopic (exact) mass is 275 g/mol. The van der Waals surface area contributed by atoms with Gasteiger partial charge in [0.1, 0.15) is 0 Å². The van der Waals surface area contributed by atoms with Crippen molar-refractivity contribution in [1.29, 1.82) is 0 Å². The first-order chi connectivity index (χ1) is 9.83. The third kappa shape index (κ3) is 2.90. The molecule has 1 saturated heterocycles. The first-order valence-electron chi connectivity index (χ1n) is 7.80. The first kappa shape index (κ1) is 14.1. The van der Waals surface area contributed by atoms with E-state index in [9.17, 15) is 5.11 Å². The molecule has 1 aromatic rings. The van der Waals surface area contributed by atoms with Gasteiger partial charge >= 0.3 is 0 Å². The lowest BCUT2D eigenvalue weighted by Gasteiger charge is -2.41. The van der Waals surface area contributed by atoms with Crippen molar-refractivity contribution in [1.82, 2.24) is 5.32 Å². The molecule has 1 saturated carbocycles. The van der Waals surface area contributed by atoms with E-state index in [2.05, 4.69) is 35.6 Å². The Labute approximate surface area is 121 Å². The largest absolute Gasteiger partial charge is 0.396 e. The molecule has 1 aromatic carbocycles. The van der Waals surface area contributed by atoms with Crippen molar-refractivity contribution < 1.29 is 9.84 Å². The maximum absolute atomic E-state index is 9.57. The van der Waals surface area contributed by atoms with Crippen LogP contribution in [0.5, 0.6) is 0 Å². The summed E-state index contributed by atoms with van der Waals surface area (Å²) in [6.07, 6.45) is 5.33. The highest BCUT2D eigenvalue weighted by molar-refractivity contribution is 5.20. The first-order valence-corrected chi connectivity index (χ1v) is 7.80. The third-order valence-corrected chi connectivity index (χ3v) is 4.88. The number of hydrogen-bond donors (Lipinski definition) is 2. The number of benzene rings is 1. The molecule has 0 radical (unpaired) electrons. The molecule has 1 atom stereocenters. The zero-order chi connectivity index (χ0) is 13.8. The van der Waals surface area contributed by atoms with Crippen LogP contribution in [0.25, 0.3) is 0 Å². The molecule has 1 unspecified atom stereocenters. The van der Waals surface area contributed by atoms with E-state index in [1.54, 1.807) is 0 Å². The van der Waals surface area contributed by atoms with Gasteiger partial charge < -0.3 is 15.2 Å². The van der Waals surface area contributed by atoms with Crippen molar-refractivity contribution in [3.8, 4) is 0 Å². The quantitative estimate of drug-likeness (QED) is 0.838. The normalized spacial score (nSPS) is 23.4. The fraction of sp³-hybridized carbons (Fsp3) is 0.647. The second-order valence-electron chi connectivity index (χ2n) is 6.46. The van der Waals surface area contributed by atoms with Crippen LogP contribution in [0.2, 0.25) is 0 Å². The third-order valence-electron chi connectivity index (χ3n) is 4.88. The summed E-state index contributed by atoms with van der Waals surface area (Å²) in [5.41, 5.74) is 1.33. The van der Waals surface area contributed by atoms with E-state index >= 15 is 0 Å². The van der Waals surface area contributed by atoms with E-state index in [0.717, 1.165) is 12.5 Å². The van der Waals surface area contributed by atoms with Gasteiger partial charge in [-0.1, -0.05) is 43.2 Å². The lowest BCUT2D eigenvalue weighted by molar-refractivity contribution is -0.135. The van der Waals surface area contributed by atoms with Crippen LogP contribution in [0.1, 0.15) is 37.3 Å². The van der Waals surface area contributed by atoms with E-state index in [1.165, 1.54) is 31.2 Å². The summed E-state index contributed by atoms with van der Waals surface area (Å²) in [5.74, 6) is 0.731. The van der Waals surface area contributed by atoms with Gasteiger partial charge in [0.25, 0.3) is 0 Å². The van der Waals surface area contributed by atoms with Gasteiger partial charge in [0.2, 0.25) is 0 Å². The van der Waals surface area contributed by atoms with Gasteiger partial charge in [-0.25, -0.2) is 0 Å². The molecule has 0 spiro atoms. The highest BCUT2D eigenvalue weighted by Gasteiger charge is 2.39. The summed E-state index contributed by atoms with van der Waals surface area (Å²) in [5, 5.41) is 13.3. The van der Waals surface area contributed by atoms with Crippen LogP contribution in [-0.4, -0.2) is 31.5 Å². The summed E-state index contributed by atoms with van der Waals surface area (Å²) in [7, 11) is 0. The van der Waals surface area contributed by atoms with Crippen LogP contribution in [0.4, 0.5) is 0 Å². The summed E-state index contributed by atoms with van der Waals surface area (Å²) in [6, 6.07) is 11.2. The fourth-order valence-electron chi connectivity index (χ4n) is 3.47. The molecule has 0 bridgehead atoms. The lowest BCUT2D eigenvalue weighted by Crippen LogP contribution is -2.53. The molecular weight excluding hydrogens is 250 g/mol. The molecule has 1 heterocycles. The standard InChI is InChI=1S/C17H25NO2/c19-11-17(12-20-13-17)10-18-16(15-8-4-5-9-15)14-6-2-1-3-7-14/h1-3,6-7,15-16,18-19H,4-5,8-13H2. The predicted molar refractivity (Wildman–Crippen MR) is 79.5 cm³/mol. The van der Waals surface area contributed by atoms with Crippen LogP contribution < -0.4 is 5.32 Å². The molecule has 3 rings (SSSR count). The molecule has 110 valence electrons. The van der Waals surface area contributed by atoms with Crippen molar-refractivity contribution in [2.45, 2.75) is 31.7 Å². The predicted octanol–water partition coefficient (Wildman–Crippen LogP) is 2.52. The van der Waals surface area contributed by atoms with E-state index in [4.69, 9.17) is 4.74 Å². The maximum Gasteiger partial charge on any atom is 0.0579 e. The topological polar surface area (TPSA) is 41.5 Å². The van der Waals surface area contributed by atoms with Gasteiger partial charge in [-0.15, -0.1) is 0 Å². The zero-order valence-electron chi connectivity index (χ0n) is 12.1. The van der Waals surface area contributed by atoms with Crippen molar-refractivity contribution >= 4 is 0 Å². The number of aliphatic hydroxyl groups is 1. The molecule has 0 aromatic heterocycles. The summed E-state index contributed by atoms with van der Waals surface area (Å²) in [6.45, 7) is 2.43. The van der Waals surface area contributed by atoms with Crippen LogP contribution in [0.15, 0.2) is 30.3 Å². The molecule has 2 aliphatic rings. The zero-order valence-corrected chi connectivity index (χ0v) is 12.1. The van der Waals surface area contributed by atoms with E-state index in [1.807, 2.05) is 0 Å². The molecule has 3 heteroatoms. The Morgan fingerprint density at radius 3 is 2.45 bits per heavy atom. The van der Waals surface area contributed by atoms with Crippen LogP contribution >= 0.6 is 0 Å². The fourth-order valence-corrected chi connectivity index (χ4v) is 3.47. The van der Waals surface area contributed by atoms with Gasteiger partial charge in [0.15, 0.2) is 0 Å². The van der Waals surface area contributed by atoms with Gasteiger partial charge in [-0.2, -0.15) is 0 Å². The molecule has 1 aliphatic carbocycles. The second kappa shape index (κ2) is 6.25. The van der Waals surface area contributed by atoms with Gasteiger partial charge in [0.05, 0.1) is 25.2 Å². The Balaban J connectivity index is 1.69. The molecule has 1 aliphatic heterocycles. The average molecular weight is 275 g/mol. The van der Waals surface area contributed by atoms with E-state index in [0.29, 0.717) is 19.3 Å². The summed E-state index contributed by atoms with van der Waals surface area (Å²) >= 11 is 0. The molecule has 2 N–H and O–H groups in total. The smallest absolute Gasteiger partial charge is 0.0579 e. The minimum atomic E-state index is -0.0500. The van der Waals surface area contributed by atoms with Crippen molar-refractivity contribution in [2.75, 3.05) is 26.4 Å². The van der Waals surface area contributed by atoms with Crippen LogP contribution in [-0.2, 0) is 4.74 Å². The van der Waals surface area contributed by atoms with E-state index in [-0.39, 0.29) is 12.0 Å². The summed E-state index contributed by atoms with van der Waals surface area (Å²) < 4.78 is 5.29. The number of nitrogens with one attached hydrogen (secondary N) is 1. The van der Waals surface area contributed by atoms with Gasteiger partial charge in [-0.05, 0) is 24.3 Å². The molecular formula is C17H25NO2. The average Bonchev–Trinajstić information content (AvgIpc) is 2.97. The highest BCUT2D eigenvalue weighted by atomic mass is 16.5. The Kier molecular flexibility index (Phi) is 4.39. The molecule has 0 amide bonds. The number of hydrogen-bond acceptors (Lipinski definition) is 3. The van der Waals surface area contributed by atoms with E-state index < -0.39 is 0 Å². The van der Waals surface area contributed by atoms with Gasteiger partial charge in [0, 0.05) is 12.6 Å². The van der Waals surface area contributed by atoms with Crippen molar-refractivity contribution in [3.05, 3.63) is 35.9 Å². The van der Waals surface area contributed by atoms with Crippen molar-refractivity contribution in [2.24, 2.45) is 11.3 Å². The lowest BCUT2D eigenvalue weighted by atomic mass is 9.85. The van der Waals surface area contributed by atoms with Gasteiger partial charge in [-0.3, -0.25) is 0 Å². The Hall–Kier alpha value is -0.900. The maximum atomic E-state index is 9.57. The number of rotatable bonds is 6. The van der Waals surface area contributed by atoms with Crippen LogP contribution in [0, 0.1) is 11.3 Å². The minimum Gasteiger partial charge on any atom is -0.396 e.